The summed E-state index contributed by atoms with van der Waals surface area (Å²) < 4.78 is 2.18. The molecule has 1 aromatic heterocycles. The largest absolute Gasteiger partial charge is 0.870 e. The third-order valence-corrected chi connectivity index (χ3v) is 4.74. The fourth-order valence-corrected chi connectivity index (χ4v) is 3.12. The molecular weight excluding hydrogens is 356 g/mol. The highest BCUT2D eigenvalue weighted by Gasteiger charge is 2.02. The van der Waals surface area contributed by atoms with Crippen molar-refractivity contribution in [3.63, 3.8) is 0 Å². The van der Waals surface area contributed by atoms with Crippen LogP contribution in [0.1, 0.15) is 83.5 Å². The Balaban J connectivity index is 0.00000729. The molecule has 6 nitrogen and oxygen atoms in total. The van der Waals surface area contributed by atoms with Crippen molar-refractivity contribution in [2.45, 2.75) is 90.0 Å². The summed E-state index contributed by atoms with van der Waals surface area (Å²) in [5.41, 5.74) is 0. The lowest BCUT2D eigenvalue weighted by Gasteiger charge is -2.05. The van der Waals surface area contributed by atoms with Crippen molar-refractivity contribution in [1.82, 2.24) is 5.32 Å². The molecule has 0 saturated carbocycles. The number of unbranched alkanes of at least 4 members (excludes halogenated alkanes) is 9. The molecule has 0 radical (unpaired) electrons. The van der Waals surface area contributed by atoms with Crippen LogP contribution in [0.4, 0.5) is 0 Å². The molecule has 1 heterocycles. The van der Waals surface area contributed by atoms with Gasteiger partial charge in [-0.15, -0.1) is 0 Å². The Morgan fingerprint density at radius 3 is 1.89 bits per heavy atom. The molecule has 0 aliphatic rings. The number of hydrogen-bond donors (Lipinski definition) is 2. The summed E-state index contributed by atoms with van der Waals surface area (Å²) in [7, 11) is 0. The summed E-state index contributed by atoms with van der Waals surface area (Å²) >= 11 is 0. The predicted octanol–water partition coefficient (Wildman–Crippen LogP) is 4.07. The van der Waals surface area contributed by atoms with Gasteiger partial charge in [0.25, 0.3) is 0 Å². The van der Waals surface area contributed by atoms with Crippen LogP contribution in [-0.2, 0) is 16.1 Å². The van der Waals surface area contributed by atoms with E-state index < -0.39 is 5.97 Å². The quantitative estimate of drug-likeness (QED) is 0.307. The number of pyridine rings is 1. The minimum Gasteiger partial charge on any atom is -0.870 e. The topological polar surface area (TPSA) is 100 Å². The highest BCUT2D eigenvalue weighted by atomic mass is 16.4. The molecule has 6 heteroatoms. The van der Waals surface area contributed by atoms with E-state index in [2.05, 4.69) is 22.3 Å². The molecule has 0 atom stereocenters. The molecule has 0 unspecified atom stereocenters. The second-order valence-corrected chi connectivity index (χ2v) is 7.25. The van der Waals surface area contributed by atoms with E-state index in [0.717, 1.165) is 64.5 Å². The van der Waals surface area contributed by atoms with Crippen LogP contribution in [0.3, 0.4) is 0 Å². The van der Waals surface area contributed by atoms with Gasteiger partial charge in [0.2, 0.25) is 5.91 Å². The fraction of sp³-hybridized carbons (Fsp3) is 0.682. The lowest BCUT2D eigenvalue weighted by molar-refractivity contribution is -0.697. The number of rotatable bonds is 17. The van der Waals surface area contributed by atoms with Gasteiger partial charge in [-0.1, -0.05) is 44.6 Å². The highest BCUT2D eigenvalue weighted by Crippen LogP contribution is 2.09. The lowest BCUT2D eigenvalue weighted by atomic mass is 10.1. The Kier molecular flexibility index (Phi) is 17.1. The van der Waals surface area contributed by atoms with Crippen LogP contribution in [0.25, 0.3) is 0 Å². The Morgan fingerprint density at radius 2 is 1.25 bits per heavy atom. The zero-order valence-corrected chi connectivity index (χ0v) is 17.2. The molecule has 0 bridgehead atoms. The molecule has 0 fully saturated rings. The van der Waals surface area contributed by atoms with E-state index >= 15 is 0 Å². The predicted molar refractivity (Wildman–Crippen MR) is 109 cm³/mol. The Labute approximate surface area is 169 Å². The number of nitrogens with zero attached hydrogens (tertiary/aromatic N) is 1. The van der Waals surface area contributed by atoms with Crippen molar-refractivity contribution < 1.29 is 24.7 Å². The molecule has 0 aliphatic carbocycles. The van der Waals surface area contributed by atoms with Gasteiger partial charge in [-0.05, 0) is 25.7 Å². The van der Waals surface area contributed by atoms with E-state index in [-0.39, 0.29) is 11.4 Å². The summed E-state index contributed by atoms with van der Waals surface area (Å²) in [6.45, 7) is 1.80. The molecule has 0 spiro atoms. The van der Waals surface area contributed by atoms with E-state index in [1.165, 1.54) is 19.3 Å². The maximum absolute atomic E-state index is 11.8. The number of aryl methyl sites for hydroxylation is 1. The standard InChI is InChI=1S/C22H36N2O3.H2O/c25-21(15-9-7-12-18-24-19-13-8-14-20-24)23-17-11-6-4-2-1-3-5-10-16-22(26)27;/h8,13-14,19-20H,1-7,9-12,15-18H2,(H-,23,25,26,27);1H2. The van der Waals surface area contributed by atoms with Gasteiger partial charge in [0, 0.05) is 37.9 Å². The van der Waals surface area contributed by atoms with Gasteiger partial charge in [0.05, 0.1) is 0 Å². The van der Waals surface area contributed by atoms with Crippen LogP contribution in [0.2, 0.25) is 0 Å². The number of carbonyl (C=O) groups excluding carboxylic acids is 1. The van der Waals surface area contributed by atoms with Crippen LogP contribution in [0, 0.1) is 0 Å². The van der Waals surface area contributed by atoms with Gasteiger partial charge in [-0.3, -0.25) is 9.59 Å². The smallest absolute Gasteiger partial charge is 0.303 e. The van der Waals surface area contributed by atoms with E-state index in [0.29, 0.717) is 12.8 Å². The van der Waals surface area contributed by atoms with Crippen molar-refractivity contribution >= 4 is 11.9 Å². The van der Waals surface area contributed by atoms with E-state index in [4.69, 9.17) is 5.11 Å². The summed E-state index contributed by atoms with van der Waals surface area (Å²) in [5, 5.41) is 11.6. The summed E-state index contributed by atoms with van der Waals surface area (Å²) in [6.07, 6.45) is 17.0. The lowest BCUT2D eigenvalue weighted by Crippen LogP contribution is -2.32. The number of hydrogen-bond acceptors (Lipinski definition) is 3. The maximum Gasteiger partial charge on any atom is 0.303 e. The molecule has 0 saturated heterocycles. The number of carboxylic acids is 1. The second-order valence-electron chi connectivity index (χ2n) is 7.25. The minimum absolute atomic E-state index is 0. The fourth-order valence-electron chi connectivity index (χ4n) is 3.12. The SMILES string of the molecule is O=C(O)CCCCCCCCCCNC(=O)CCCCC[n+]1ccccc1.[OH-]. The van der Waals surface area contributed by atoms with Crippen molar-refractivity contribution in [3.8, 4) is 0 Å². The first kappa shape index (κ1) is 26.1. The number of amides is 1. The summed E-state index contributed by atoms with van der Waals surface area (Å²) in [6, 6.07) is 6.10. The van der Waals surface area contributed by atoms with Crippen molar-refractivity contribution in [1.29, 1.82) is 0 Å². The summed E-state index contributed by atoms with van der Waals surface area (Å²) in [5.74, 6) is -0.510. The normalized spacial score (nSPS) is 10.3. The average molecular weight is 395 g/mol. The van der Waals surface area contributed by atoms with E-state index in [1.54, 1.807) is 0 Å². The molecule has 1 amide bonds. The van der Waals surface area contributed by atoms with Gasteiger partial charge in [-0.2, -0.15) is 0 Å². The van der Waals surface area contributed by atoms with Gasteiger partial charge < -0.3 is 15.9 Å². The molecule has 3 N–H and O–H groups in total. The molecule has 160 valence electrons. The number of carbonyl (C=O) groups is 2. The molecular formula is C22H38N2O4. The number of aromatic nitrogens is 1. The first-order chi connectivity index (χ1) is 13.2. The third kappa shape index (κ3) is 16.2. The number of carboxylic acid groups (broad SMARTS) is 1. The number of nitrogens with one attached hydrogen (secondary N) is 1. The zero-order chi connectivity index (χ0) is 19.6. The average Bonchev–Trinajstić information content (AvgIpc) is 2.66. The van der Waals surface area contributed by atoms with Crippen molar-refractivity contribution in [2.24, 2.45) is 0 Å². The van der Waals surface area contributed by atoms with E-state index in [1.807, 2.05) is 18.2 Å². The maximum atomic E-state index is 11.8. The molecule has 0 aromatic carbocycles. The van der Waals surface area contributed by atoms with Gasteiger partial charge in [0.15, 0.2) is 12.4 Å². The molecule has 0 aliphatic heterocycles. The van der Waals surface area contributed by atoms with Gasteiger partial charge in [-0.25, -0.2) is 4.57 Å². The monoisotopic (exact) mass is 394 g/mol. The van der Waals surface area contributed by atoms with Crippen molar-refractivity contribution in [2.75, 3.05) is 6.54 Å². The molecule has 28 heavy (non-hydrogen) atoms. The first-order valence-corrected chi connectivity index (χ1v) is 10.6. The number of aliphatic carboxylic acids is 1. The Morgan fingerprint density at radius 1 is 0.714 bits per heavy atom. The zero-order valence-electron chi connectivity index (χ0n) is 17.2. The van der Waals surface area contributed by atoms with Crippen LogP contribution in [0.5, 0.6) is 0 Å². The van der Waals surface area contributed by atoms with Crippen LogP contribution < -0.4 is 9.88 Å². The minimum atomic E-state index is -0.691. The molecule has 1 rings (SSSR count). The summed E-state index contributed by atoms with van der Waals surface area (Å²) in [4.78, 5) is 22.2. The first-order valence-electron chi connectivity index (χ1n) is 10.6. The van der Waals surface area contributed by atoms with Crippen molar-refractivity contribution in [3.05, 3.63) is 30.6 Å². The van der Waals surface area contributed by atoms with Gasteiger partial charge >= 0.3 is 5.97 Å². The Hall–Kier alpha value is -1.95. The third-order valence-electron chi connectivity index (χ3n) is 4.74. The highest BCUT2D eigenvalue weighted by molar-refractivity contribution is 5.75. The van der Waals surface area contributed by atoms with E-state index in [9.17, 15) is 9.59 Å². The Bertz CT molecular complexity index is 509. The van der Waals surface area contributed by atoms with Crippen LogP contribution in [-0.4, -0.2) is 29.0 Å². The van der Waals surface area contributed by atoms with Crippen LogP contribution in [0.15, 0.2) is 30.6 Å². The van der Waals surface area contributed by atoms with Gasteiger partial charge in [0.1, 0.15) is 6.54 Å². The second kappa shape index (κ2) is 18.4. The van der Waals surface area contributed by atoms with Crippen LogP contribution >= 0.6 is 0 Å². The molecule has 1 aromatic rings.